The molecule has 1 saturated heterocycles. The number of aromatic nitrogens is 2. The molecular weight excluding hydrogens is 365 g/mol. The first-order chi connectivity index (χ1) is 8.37. The van der Waals surface area contributed by atoms with Gasteiger partial charge in [-0.05, 0) is 43.4 Å². The second-order valence-electron chi connectivity index (χ2n) is 5.01. The zero-order valence-electron chi connectivity index (χ0n) is 10.6. The molecule has 1 aromatic rings. The van der Waals surface area contributed by atoms with Crippen LogP contribution in [0.5, 0.6) is 0 Å². The Morgan fingerprint density at radius 2 is 2.39 bits per heavy atom. The van der Waals surface area contributed by atoms with E-state index in [2.05, 4.69) is 32.6 Å². The molecular formula is C11H16IN3O2S. The van der Waals surface area contributed by atoms with Gasteiger partial charge in [0.25, 0.3) is 0 Å². The second-order valence-corrected chi connectivity index (χ2v) is 7.36. The minimum Gasteiger partial charge on any atom is -0.444 e. The zero-order chi connectivity index (χ0) is 13.3. The molecule has 2 rings (SSSR count). The molecule has 0 radical (unpaired) electrons. The van der Waals surface area contributed by atoms with Crippen molar-refractivity contribution in [2.75, 3.05) is 12.3 Å². The van der Waals surface area contributed by atoms with Crippen LogP contribution in [0, 0.1) is 3.70 Å². The third-order valence-corrected chi connectivity index (χ3v) is 4.08. The Morgan fingerprint density at radius 1 is 1.67 bits per heavy atom. The van der Waals surface area contributed by atoms with Gasteiger partial charge in [-0.15, -0.1) is 11.8 Å². The first-order valence-electron chi connectivity index (χ1n) is 5.68. The van der Waals surface area contributed by atoms with Gasteiger partial charge in [0.05, 0.1) is 9.90 Å². The lowest BCUT2D eigenvalue weighted by Crippen LogP contribution is -2.36. The van der Waals surface area contributed by atoms with Crippen LogP contribution in [0.2, 0.25) is 0 Å². The lowest BCUT2D eigenvalue weighted by atomic mass is 10.2. The van der Waals surface area contributed by atoms with Gasteiger partial charge in [-0.2, -0.15) is 0 Å². The number of aromatic amines is 1. The number of halogens is 1. The molecule has 1 aliphatic heterocycles. The maximum atomic E-state index is 12.1. The minimum atomic E-state index is -0.466. The molecule has 1 N–H and O–H groups in total. The fourth-order valence-electron chi connectivity index (χ4n) is 1.64. The largest absolute Gasteiger partial charge is 0.444 e. The fourth-order valence-corrected chi connectivity index (χ4v) is 3.23. The summed E-state index contributed by atoms with van der Waals surface area (Å²) in [6, 6.07) is 0. The Morgan fingerprint density at radius 3 is 2.94 bits per heavy atom. The Hall–Kier alpha value is -0.440. The number of imidazole rings is 1. The van der Waals surface area contributed by atoms with E-state index in [0.29, 0.717) is 6.54 Å². The van der Waals surface area contributed by atoms with Gasteiger partial charge >= 0.3 is 6.09 Å². The van der Waals surface area contributed by atoms with E-state index in [1.807, 2.05) is 20.8 Å². The average Bonchev–Trinajstić information content (AvgIpc) is 2.81. The molecule has 1 amide bonds. The van der Waals surface area contributed by atoms with E-state index in [4.69, 9.17) is 4.74 Å². The molecule has 1 aromatic heterocycles. The smallest absolute Gasteiger partial charge is 0.411 e. The van der Waals surface area contributed by atoms with Crippen LogP contribution in [0.25, 0.3) is 0 Å². The number of H-pyrrole nitrogens is 1. The number of rotatable bonds is 1. The van der Waals surface area contributed by atoms with Crippen molar-refractivity contribution in [1.29, 1.82) is 0 Å². The maximum Gasteiger partial charge on any atom is 0.411 e. The van der Waals surface area contributed by atoms with Crippen molar-refractivity contribution < 1.29 is 9.53 Å². The summed E-state index contributed by atoms with van der Waals surface area (Å²) in [5, 5.41) is -0.0663. The first-order valence-corrected chi connectivity index (χ1v) is 7.81. The van der Waals surface area contributed by atoms with Crippen LogP contribution in [0.15, 0.2) is 6.20 Å². The number of amides is 1. The van der Waals surface area contributed by atoms with Crippen LogP contribution >= 0.6 is 34.4 Å². The lowest BCUT2D eigenvalue weighted by Gasteiger charge is -2.27. The van der Waals surface area contributed by atoms with Crippen LogP contribution in [0.3, 0.4) is 0 Å². The van der Waals surface area contributed by atoms with E-state index in [1.165, 1.54) is 0 Å². The second kappa shape index (κ2) is 5.28. The Kier molecular flexibility index (Phi) is 4.10. The fraction of sp³-hybridized carbons (Fsp3) is 0.636. The van der Waals surface area contributed by atoms with Gasteiger partial charge in [0, 0.05) is 12.3 Å². The summed E-state index contributed by atoms with van der Waals surface area (Å²) >= 11 is 3.87. The number of carbonyl (C=O) groups is 1. The number of hydrogen-bond donors (Lipinski definition) is 1. The van der Waals surface area contributed by atoms with Crippen LogP contribution in [-0.4, -0.2) is 38.9 Å². The van der Waals surface area contributed by atoms with Crippen molar-refractivity contribution in [1.82, 2.24) is 14.9 Å². The monoisotopic (exact) mass is 381 g/mol. The molecule has 1 fully saturated rings. The molecule has 2 heterocycles. The van der Waals surface area contributed by atoms with Crippen LogP contribution in [0.1, 0.15) is 32.0 Å². The van der Waals surface area contributed by atoms with Crippen molar-refractivity contribution in [2.24, 2.45) is 0 Å². The maximum absolute atomic E-state index is 12.1. The van der Waals surface area contributed by atoms with Crippen LogP contribution in [-0.2, 0) is 4.74 Å². The van der Waals surface area contributed by atoms with Gasteiger partial charge in [0.1, 0.15) is 16.8 Å². The Labute approximate surface area is 124 Å². The van der Waals surface area contributed by atoms with E-state index < -0.39 is 5.60 Å². The van der Waals surface area contributed by atoms with Crippen molar-refractivity contribution >= 4 is 40.4 Å². The number of nitrogens with zero attached hydrogens (tertiary/aromatic N) is 2. The summed E-state index contributed by atoms with van der Waals surface area (Å²) in [6.07, 6.45) is 1.49. The summed E-state index contributed by atoms with van der Waals surface area (Å²) in [5.74, 6) is 1.72. The SMILES string of the molecule is CC(C)(C)OC(=O)N1CCS[C@H]1c1ncc(I)[nH]1. The highest BCUT2D eigenvalue weighted by Gasteiger charge is 2.35. The van der Waals surface area contributed by atoms with E-state index in [1.54, 1.807) is 22.9 Å². The summed E-state index contributed by atoms with van der Waals surface area (Å²) in [4.78, 5) is 21.3. The highest BCUT2D eigenvalue weighted by molar-refractivity contribution is 14.1. The molecule has 0 unspecified atom stereocenters. The van der Waals surface area contributed by atoms with E-state index >= 15 is 0 Å². The molecule has 0 saturated carbocycles. The molecule has 0 aliphatic carbocycles. The summed E-state index contributed by atoms with van der Waals surface area (Å²) in [6.45, 7) is 6.32. The third-order valence-electron chi connectivity index (χ3n) is 2.32. The van der Waals surface area contributed by atoms with E-state index in [-0.39, 0.29) is 11.5 Å². The standard InChI is InChI=1S/C11H16IN3O2S/c1-11(2,3)17-10(16)15-4-5-18-9(15)8-13-6-7(12)14-8/h6,9H,4-5H2,1-3H3,(H,13,14)/t9-/m0/s1. The predicted octanol–water partition coefficient (Wildman–Crippen LogP) is 3.00. The van der Waals surface area contributed by atoms with Crippen molar-refractivity contribution in [2.45, 2.75) is 31.7 Å². The van der Waals surface area contributed by atoms with Crippen LogP contribution < -0.4 is 0 Å². The molecule has 1 atom stereocenters. The summed E-state index contributed by atoms with van der Waals surface area (Å²) < 4.78 is 6.38. The minimum absolute atomic E-state index is 0.0663. The van der Waals surface area contributed by atoms with Crippen molar-refractivity contribution in [3.63, 3.8) is 0 Å². The molecule has 0 bridgehead atoms. The predicted molar refractivity (Wildman–Crippen MR) is 79.4 cm³/mol. The van der Waals surface area contributed by atoms with E-state index in [9.17, 15) is 4.79 Å². The number of hydrogen-bond acceptors (Lipinski definition) is 4. The Balaban J connectivity index is 2.10. The number of nitrogens with one attached hydrogen (secondary N) is 1. The van der Waals surface area contributed by atoms with Crippen molar-refractivity contribution in [3.8, 4) is 0 Å². The molecule has 1 aliphatic rings. The summed E-state index contributed by atoms with van der Waals surface area (Å²) in [7, 11) is 0. The van der Waals surface area contributed by atoms with Gasteiger partial charge in [-0.1, -0.05) is 0 Å². The molecule has 0 aromatic carbocycles. The molecule has 0 spiro atoms. The van der Waals surface area contributed by atoms with E-state index in [0.717, 1.165) is 15.3 Å². The van der Waals surface area contributed by atoms with Crippen molar-refractivity contribution in [3.05, 3.63) is 15.7 Å². The van der Waals surface area contributed by atoms with Gasteiger partial charge in [-0.3, -0.25) is 4.90 Å². The number of carbonyl (C=O) groups excluding carboxylic acids is 1. The molecule has 18 heavy (non-hydrogen) atoms. The highest BCUT2D eigenvalue weighted by atomic mass is 127. The molecule has 100 valence electrons. The average molecular weight is 381 g/mol. The number of ether oxygens (including phenoxy) is 1. The van der Waals surface area contributed by atoms with Gasteiger partial charge in [0.15, 0.2) is 0 Å². The normalized spacial score (nSPS) is 20.2. The molecule has 7 heteroatoms. The Bertz CT molecular complexity index is 444. The topological polar surface area (TPSA) is 58.2 Å². The first kappa shape index (κ1) is 14.0. The quantitative estimate of drug-likeness (QED) is 0.760. The third kappa shape index (κ3) is 3.31. The summed E-state index contributed by atoms with van der Waals surface area (Å²) in [5.41, 5.74) is -0.466. The lowest BCUT2D eigenvalue weighted by molar-refractivity contribution is 0.0249. The highest BCUT2D eigenvalue weighted by Crippen LogP contribution is 2.37. The van der Waals surface area contributed by atoms with Gasteiger partial charge in [-0.25, -0.2) is 9.78 Å². The van der Waals surface area contributed by atoms with Gasteiger partial charge in [0.2, 0.25) is 0 Å². The van der Waals surface area contributed by atoms with Crippen LogP contribution in [0.4, 0.5) is 4.79 Å². The zero-order valence-corrected chi connectivity index (χ0v) is 13.5. The molecule has 5 nitrogen and oxygen atoms in total. The van der Waals surface area contributed by atoms with Gasteiger partial charge < -0.3 is 9.72 Å². The number of thioether (sulfide) groups is 1.